The lowest BCUT2D eigenvalue weighted by atomic mass is 10.2. The lowest BCUT2D eigenvalue weighted by Gasteiger charge is -2.16. The molecule has 1 aliphatic carbocycles. The van der Waals surface area contributed by atoms with Gasteiger partial charge >= 0.3 is 0 Å². The molecule has 0 amide bonds. The van der Waals surface area contributed by atoms with Crippen molar-refractivity contribution in [3.8, 4) is 0 Å². The van der Waals surface area contributed by atoms with Crippen molar-refractivity contribution in [3.63, 3.8) is 0 Å². The number of halogens is 1. The molecule has 1 aliphatic rings. The van der Waals surface area contributed by atoms with Crippen molar-refractivity contribution in [2.75, 3.05) is 25.3 Å². The topological polar surface area (TPSA) is 49.4 Å². The molecule has 1 N–H and O–H groups in total. The van der Waals surface area contributed by atoms with Gasteiger partial charge in [-0.25, -0.2) is 12.7 Å². The Hall–Kier alpha value is -0.780. The summed E-state index contributed by atoms with van der Waals surface area (Å²) in [5.41, 5.74) is 0.926. The van der Waals surface area contributed by atoms with Crippen molar-refractivity contribution >= 4 is 27.3 Å². The third-order valence-corrected chi connectivity index (χ3v) is 5.49. The van der Waals surface area contributed by atoms with Crippen molar-refractivity contribution in [2.24, 2.45) is 0 Å². The van der Waals surface area contributed by atoms with Crippen LogP contribution in [0.5, 0.6) is 0 Å². The van der Waals surface area contributed by atoms with Gasteiger partial charge in [0.2, 0.25) is 10.0 Å². The van der Waals surface area contributed by atoms with Crippen molar-refractivity contribution in [3.05, 3.63) is 24.3 Å². The van der Waals surface area contributed by atoms with E-state index in [9.17, 15) is 8.42 Å². The van der Waals surface area contributed by atoms with Gasteiger partial charge < -0.3 is 5.32 Å². The lowest BCUT2D eigenvalue weighted by Crippen LogP contribution is -2.23. The third-order valence-electron chi connectivity index (χ3n) is 3.15. The minimum absolute atomic E-state index is 0.0174. The molecule has 18 heavy (non-hydrogen) atoms. The van der Waals surface area contributed by atoms with E-state index in [1.807, 2.05) is 0 Å². The molecule has 0 atom stereocenters. The number of hydrogen-bond acceptors (Lipinski definition) is 3. The molecule has 0 bridgehead atoms. The molecule has 2 rings (SSSR count). The number of sulfonamides is 1. The number of benzene rings is 1. The average Bonchev–Trinajstić information content (AvgIpc) is 3.10. The molecule has 1 fully saturated rings. The molecule has 0 unspecified atom stereocenters. The molecule has 1 saturated carbocycles. The summed E-state index contributed by atoms with van der Waals surface area (Å²) in [6.45, 7) is 0. The highest BCUT2D eigenvalue weighted by atomic mass is 35.5. The fraction of sp³-hybridized carbons (Fsp3) is 0.500. The minimum atomic E-state index is -3.35. The van der Waals surface area contributed by atoms with E-state index in [2.05, 4.69) is 5.32 Å². The van der Waals surface area contributed by atoms with Gasteiger partial charge in [-0.3, -0.25) is 0 Å². The number of anilines is 1. The first-order valence-corrected chi connectivity index (χ1v) is 7.74. The van der Waals surface area contributed by atoms with Gasteiger partial charge in [0, 0.05) is 25.7 Å². The SMILES string of the molecule is CN(C)S(=O)(=O)c1ccc(NC2(CCl)CC2)cc1. The van der Waals surface area contributed by atoms with E-state index in [0.29, 0.717) is 10.8 Å². The van der Waals surface area contributed by atoms with Crippen molar-refractivity contribution in [1.29, 1.82) is 0 Å². The Morgan fingerprint density at radius 1 is 1.28 bits per heavy atom. The Bertz CT molecular complexity index is 522. The lowest BCUT2D eigenvalue weighted by molar-refractivity contribution is 0.521. The Morgan fingerprint density at radius 3 is 2.22 bits per heavy atom. The van der Waals surface area contributed by atoms with E-state index in [1.54, 1.807) is 24.3 Å². The summed E-state index contributed by atoms with van der Waals surface area (Å²) in [5, 5.41) is 3.35. The zero-order chi connectivity index (χ0) is 13.4. The second-order valence-electron chi connectivity index (χ2n) is 4.85. The molecule has 0 aromatic heterocycles. The van der Waals surface area contributed by atoms with Crippen LogP contribution in [0.3, 0.4) is 0 Å². The minimum Gasteiger partial charge on any atom is -0.378 e. The summed E-state index contributed by atoms with van der Waals surface area (Å²) in [6.07, 6.45) is 2.13. The largest absolute Gasteiger partial charge is 0.378 e. The average molecular weight is 289 g/mol. The number of rotatable bonds is 5. The van der Waals surface area contributed by atoms with Gasteiger partial charge in [-0.15, -0.1) is 11.6 Å². The molecule has 0 radical (unpaired) electrons. The maximum absolute atomic E-state index is 11.9. The van der Waals surface area contributed by atoms with Gasteiger partial charge in [-0.1, -0.05) is 0 Å². The summed E-state index contributed by atoms with van der Waals surface area (Å²) in [4.78, 5) is 0.300. The maximum atomic E-state index is 11.9. The summed E-state index contributed by atoms with van der Waals surface area (Å²) >= 11 is 5.89. The quantitative estimate of drug-likeness (QED) is 0.845. The van der Waals surface area contributed by atoms with Crippen LogP contribution >= 0.6 is 11.6 Å². The number of hydrogen-bond donors (Lipinski definition) is 1. The molecule has 0 spiro atoms. The number of nitrogens with zero attached hydrogens (tertiary/aromatic N) is 1. The molecule has 1 aromatic rings. The van der Waals surface area contributed by atoms with E-state index in [-0.39, 0.29) is 5.54 Å². The first-order chi connectivity index (χ1) is 8.39. The van der Waals surface area contributed by atoms with Crippen LogP contribution in [-0.4, -0.2) is 38.2 Å². The van der Waals surface area contributed by atoms with E-state index in [4.69, 9.17) is 11.6 Å². The highest BCUT2D eigenvalue weighted by Crippen LogP contribution is 2.39. The molecule has 1 aromatic carbocycles. The van der Waals surface area contributed by atoms with Gasteiger partial charge in [-0.05, 0) is 37.1 Å². The van der Waals surface area contributed by atoms with Gasteiger partial charge in [0.05, 0.1) is 10.4 Å². The summed E-state index contributed by atoms with van der Waals surface area (Å²) < 4.78 is 25.0. The predicted octanol–water partition coefficient (Wildman–Crippen LogP) is 2.12. The zero-order valence-electron chi connectivity index (χ0n) is 10.5. The molecule has 0 aliphatic heterocycles. The predicted molar refractivity (Wildman–Crippen MR) is 73.6 cm³/mol. The second-order valence-corrected chi connectivity index (χ2v) is 7.27. The zero-order valence-corrected chi connectivity index (χ0v) is 12.1. The van der Waals surface area contributed by atoms with Crippen LogP contribution in [0.15, 0.2) is 29.2 Å². The normalized spacial score (nSPS) is 17.8. The Morgan fingerprint density at radius 2 is 1.83 bits per heavy atom. The maximum Gasteiger partial charge on any atom is 0.242 e. The summed E-state index contributed by atoms with van der Waals surface area (Å²) in [7, 11) is -0.304. The molecular weight excluding hydrogens is 272 g/mol. The van der Waals surface area contributed by atoms with Crippen molar-refractivity contribution < 1.29 is 8.42 Å². The number of nitrogens with one attached hydrogen (secondary N) is 1. The Kier molecular flexibility index (Phi) is 3.58. The molecule has 0 saturated heterocycles. The van der Waals surface area contributed by atoms with Gasteiger partial charge in [-0.2, -0.15) is 0 Å². The molecular formula is C12H17ClN2O2S. The molecule has 100 valence electrons. The van der Waals surface area contributed by atoms with E-state index < -0.39 is 10.0 Å². The highest BCUT2D eigenvalue weighted by Gasteiger charge is 2.41. The standard InChI is InChI=1S/C12H17ClN2O2S/c1-15(2)18(16,17)11-5-3-10(4-6-11)14-12(9-13)7-8-12/h3-6,14H,7-9H2,1-2H3. The van der Waals surface area contributed by atoms with Crippen LogP contribution in [0.2, 0.25) is 0 Å². The Balaban J connectivity index is 2.16. The van der Waals surface area contributed by atoms with Crippen LogP contribution in [0, 0.1) is 0 Å². The molecule has 0 heterocycles. The fourth-order valence-corrected chi connectivity index (χ4v) is 2.91. The van der Waals surface area contributed by atoms with Crippen LogP contribution in [-0.2, 0) is 10.0 Å². The first kappa shape index (κ1) is 13.6. The highest BCUT2D eigenvalue weighted by molar-refractivity contribution is 7.89. The molecule has 4 nitrogen and oxygen atoms in total. The second kappa shape index (κ2) is 4.72. The third kappa shape index (κ3) is 2.63. The van der Waals surface area contributed by atoms with Gasteiger partial charge in [0.15, 0.2) is 0 Å². The summed E-state index contributed by atoms with van der Waals surface area (Å²) in [5.74, 6) is 0.574. The number of alkyl halides is 1. The van der Waals surface area contributed by atoms with Gasteiger partial charge in [0.25, 0.3) is 0 Å². The molecule has 6 heteroatoms. The first-order valence-electron chi connectivity index (χ1n) is 5.76. The smallest absolute Gasteiger partial charge is 0.242 e. The van der Waals surface area contributed by atoms with Crippen molar-refractivity contribution in [2.45, 2.75) is 23.3 Å². The van der Waals surface area contributed by atoms with Crippen LogP contribution in [0.1, 0.15) is 12.8 Å². The van der Waals surface area contributed by atoms with E-state index in [1.165, 1.54) is 18.4 Å². The van der Waals surface area contributed by atoms with E-state index >= 15 is 0 Å². The van der Waals surface area contributed by atoms with Gasteiger partial charge in [0.1, 0.15) is 0 Å². The van der Waals surface area contributed by atoms with Crippen molar-refractivity contribution in [1.82, 2.24) is 4.31 Å². The summed E-state index contributed by atoms with van der Waals surface area (Å²) in [6, 6.07) is 6.79. The fourth-order valence-electron chi connectivity index (χ4n) is 1.67. The Labute approximate surface area is 113 Å². The van der Waals surface area contributed by atoms with Crippen LogP contribution in [0.25, 0.3) is 0 Å². The van der Waals surface area contributed by atoms with E-state index in [0.717, 1.165) is 18.5 Å². The monoisotopic (exact) mass is 288 g/mol. The van der Waals surface area contributed by atoms with Crippen LogP contribution in [0.4, 0.5) is 5.69 Å². The van der Waals surface area contributed by atoms with Crippen LogP contribution < -0.4 is 5.32 Å².